The smallest absolute Gasteiger partial charge is 0.223 e. The van der Waals surface area contributed by atoms with E-state index in [0.29, 0.717) is 11.1 Å². The minimum absolute atomic E-state index is 0.284. The summed E-state index contributed by atoms with van der Waals surface area (Å²) in [6.07, 6.45) is -0.886. The highest BCUT2D eigenvalue weighted by atomic mass is 16.5. The Balaban J connectivity index is 2.97. The van der Waals surface area contributed by atoms with Gasteiger partial charge in [0, 0.05) is 46.4 Å². The third-order valence-electron chi connectivity index (χ3n) is 4.04. The van der Waals surface area contributed by atoms with Crippen molar-refractivity contribution in [1.82, 2.24) is 4.90 Å². The Bertz CT molecular complexity index is 1120. The van der Waals surface area contributed by atoms with Gasteiger partial charge in [0.2, 0.25) is 5.91 Å². The molecule has 0 N–H and O–H groups in total. The van der Waals surface area contributed by atoms with Crippen molar-refractivity contribution in [2.75, 3.05) is 7.11 Å². The number of hydrogen-bond acceptors (Lipinski definition) is 2. The Hall–Kier alpha value is -2.29. The van der Waals surface area contributed by atoms with Crippen LogP contribution in [0.3, 0.4) is 0 Å². The Morgan fingerprint density at radius 2 is 1.77 bits per heavy atom. The number of rotatable bonds is 7. The fourth-order valence-corrected chi connectivity index (χ4v) is 2.85. The summed E-state index contributed by atoms with van der Waals surface area (Å²) < 4.78 is 117. The summed E-state index contributed by atoms with van der Waals surface area (Å²) in [5, 5.41) is 0. The van der Waals surface area contributed by atoms with Gasteiger partial charge < -0.3 is 9.64 Å². The van der Waals surface area contributed by atoms with Gasteiger partial charge in [-0.2, -0.15) is 0 Å². The summed E-state index contributed by atoms with van der Waals surface area (Å²) in [4.78, 5) is 13.5. The number of benzene rings is 2. The molecule has 0 saturated carbocycles. The van der Waals surface area contributed by atoms with Crippen LogP contribution in [-0.4, -0.2) is 30.0 Å². The molecule has 3 nitrogen and oxygen atoms in total. The van der Waals surface area contributed by atoms with E-state index in [4.69, 9.17) is 23.9 Å². The summed E-state index contributed by atoms with van der Waals surface area (Å²) in [5.41, 5.74) is 1.54. The molecule has 1 amide bonds. The Kier molecular flexibility index (Phi) is 2.79. The van der Waals surface area contributed by atoms with E-state index >= 15 is 0 Å². The highest BCUT2D eigenvalue weighted by Crippen LogP contribution is 2.35. The molecule has 0 aliphatic rings. The van der Waals surface area contributed by atoms with E-state index in [2.05, 4.69) is 0 Å². The molecule has 2 aromatic carbocycles. The molecule has 26 heavy (non-hydrogen) atoms. The first-order valence-corrected chi connectivity index (χ1v) is 7.98. The van der Waals surface area contributed by atoms with Gasteiger partial charge in [0.15, 0.2) is 0 Å². The molecule has 0 aliphatic heterocycles. The maximum atomic E-state index is 14.1. The van der Waals surface area contributed by atoms with Crippen molar-refractivity contribution in [2.45, 2.75) is 58.7 Å². The van der Waals surface area contributed by atoms with Crippen LogP contribution in [0.25, 0.3) is 0 Å². The molecule has 0 fully saturated rings. The third kappa shape index (κ3) is 4.66. The zero-order chi connectivity index (χ0) is 31.1. The van der Waals surface area contributed by atoms with Crippen LogP contribution in [-0.2, 0) is 4.79 Å². The molecular weight excluding hydrogens is 322 g/mol. The van der Waals surface area contributed by atoms with E-state index in [-0.39, 0.29) is 5.75 Å². The van der Waals surface area contributed by atoms with Crippen LogP contribution in [0.5, 0.6) is 5.75 Å². The summed E-state index contributed by atoms with van der Waals surface area (Å²) in [7, 11) is 1.36. The topological polar surface area (TPSA) is 29.5 Å². The minimum Gasteiger partial charge on any atom is -0.496 e. The number of ether oxygens (including phenoxy) is 1. The molecule has 2 rings (SSSR count). The van der Waals surface area contributed by atoms with Crippen LogP contribution in [0.2, 0.25) is 0 Å². The summed E-state index contributed by atoms with van der Waals surface area (Å²) in [6.45, 7) is -14.1. The highest BCUT2D eigenvalue weighted by molar-refractivity contribution is 5.78. The number of carbonyl (C=O) groups excluding carboxylic acids is 1. The molecule has 1 atom stereocenters. The van der Waals surface area contributed by atoms with Gasteiger partial charge in [-0.1, -0.05) is 48.0 Å². The summed E-state index contributed by atoms with van der Waals surface area (Å²) in [6, 6.07) is 4.86. The quantitative estimate of drug-likeness (QED) is 0.675. The average Bonchev–Trinajstić information content (AvgIpc) is 2.80. The summed E-state index contributed by atoms with van der Waals surface area (Å²) >= 11 is 0. The Morgan fingerprint density at radius 3 is 2.35 bits per heavy atom. The molecule has 0 aromatic heterocycles. The molecule has 0 saturated heterocycles. The second-order valence-electron chi connectivity index (χ2n) is 5.84. The number of aryl methyl sites for hydroxylation is 1. The van der Waals surface area contributed by atoms with Crippen LogP contribution in [0.15, 0.2) is 48.5 Å². The van der Waals surface area contributed by atoms with Crippen LogP contribution in [0.4, 0.5) is 0 Å². The molecule has 140 valence electrons. The van der Waals surface area contributed by atoms with Crippen molar-refractivity contribution >= 4 is 5.91 Å². The van der Waals surface area contributed by atoms with Crippen LogP contribution < -0.4 is 4.74 Å². The first-order valence-electron chi connectivity index (χ1n) is 15.0. The number of methoxy groups -OCH3 is 1. The first-order chi connectivity index (χ1) is 17.9. The Morgan fingerprint density at radius 1 is 1.12 bits per heavy atom. The number of amides is 1. The van der Waals surface area contributed by atoms with E-state index in [0.717, 1.165) is 5.56 Å². The van der Waals surface area contributed by atoms with E-state index < -0.39 is 62.6 Å². The molecule has 0 aliphatic carbocycles. The normalized spacial score (nSPS) is 23.0. The maximum Gasteiger partial charge on any atom is 0.223 e. The van der Waals surface area contributed by atoms with Crippen molar-refractivity contribution in [2.24, 2.45) is 0 Å². The lowest BCUT2D eigenvalue weighted by molar-refractivity contribution is -0.135. The standard InChI is InChI=1S/C23H31NO2/c1-16(2)24(17(3)4)23(25)15-20(19-10-8-7-9-11-19)21-14-18(5)12-13-22(21)26-6/h7-14,16-17,20H,15H2,1-6H3/t20-/m0/s1/i1D3,2D3,3D3,4D3,16D,17D. The Labute approximate surface area is 177 Å². The lowest BCUT2D eigenvalue weighted by Crippen LogP contribution is -2.42. The lowest BCUT2D eigenvalue weighted by atomic mass is 9.86. The maximum absolute atomic E-state index is 14.1. The number of nitrogens with zero attached hydrogens (tertiary/aromatic N) is 1. The molecule has 0 heterocycles. The van der Waals surface area contributed by atoms with E-state index in [1.54, 1.807) is 55.5 Å². The van der Waals surface area contributed by atoms with Gasteiger partial charge in [0.1, 0.15) is 5.75 Å². The monoisotopic (exact) mass is 367 g/mol. The second kappa shape index (κ2) is 8.88. The predicted octanol–water partition coefficient (Wildman–Crippen LogP) is 5.17. The lowest BCUT2D eigenvalue weighted by Gasteiger charge is -2.32. The van der Waals surface area contributed by atoms with Crippen LogP contribution >= 0.6 is 0 Å². The molecule has 0 unspecified atom stereocenters. The first kappa shape index (κ1) is 8.16. The van der Waals surface area contributed by atoms with Crippen molar-refractivity contribution in [3.63, 3.8) is 0 Å². The fraction of sp³-hybridized carbons (Fsp3) is 0.435. The zero-order valence-electron chi connectivity index (χ0n) is 28.7. The largest absolute Gasteiger partial charge is 0.496 e. The van der Waals surface area contributed by atoms with Gasteiger partial charge in [-0.05, 0) is 46.0 Å². The molecular formula is C23H31NO2. The SMILES string of the molecule is [2H]C([2H])([2H])C([2H])(N(C(=O)C[C@@H](c1ccccc1)c1cc(C)ccc1OC)C([2H])(C([2H])([2H])[2H])C([2H])([2H])[2H])C([2H])([2H])[2H]. The molecule has 3 heteroatoms. The van der Waals surface area contributed by atoms with Crippen LogP contribution in [0, 0.1) is 6.92 Å². The molecule has 2 aromatic rings. The van der Waals surface area contributed by atoms with Gasteiger partial charge in [-0.3, -0.25) is 4.79 Å². The van der Waals surface area contributed by atoms with Crippen LogP contribution in [0.1, 0.15) is 75.6 Å². The van der Waals surface area contributed by atoms with Crippen molar-refractivity contribution in [1.29, 1.82) is 0 Å². The third-order valence-corrected chi connectivity index (χ3v) is 4.04. The van der Waals surface area contributed by atoms with Gasteiger partial charge in [0.25, 0.3) is 0 Å². The molecule has 0 spiro atoms. The second-order valence-corrected chi connectivity index (χ2v) is 5.84. The van der Waals surface area contributed by atoms with Gasteiger partial charge in [-0.25, -0.2) is 0 Å². The highest BCUT2D eigenvalue weighted by Gasteiger charge is 2.27. The number of carbonyl (C=O) groups is 1. The zero-order valence-corrected chi connectivity index (χ0v) is 14.7. The van der Waals surface area contributed by atoms with Gasteiger partial charge in [0.05, 0.1) is 9.85 Å². The van der Waals surface area contributed by atoms with Crippen molar-refractivity contribution in [3.05, 3.63) is 65.2 Å². The average molecular weight is 368 g/mol. The van der Waals surface area contributed by atoms with Gasteiger partial charge in [-0.15, -0.1) is 0 Å². The summed E-state index contributed by atoms with van der Waals surface area (Å²) in [5.74, 6) is -2.39. The molecule has 0 radical (unpaired) electrons. The minimum atomic E-state index is -4.13. The van der Waals surface area contributed by atoms with Crippen molar-refractivity contribution in [3.8, 4) is 5.75 Å². The van der Waals surface area contributed by atoms with E-state index in [1.165, 1.54) is 7.11 Å². The van der Waals surface area contributed by atoms with Gasteiger partial charge >= 0.3 is 0 Å². The van der Waals surface area contributed by atoms with E-state index in [9.17, 15) is 4.79 Å². The number of hydrogen-bond donors (Lipinski definition) is 0. The predicted molar refractivity (Wildman–Crippen MR) is 108 cm³/mol. The fourth-order valence-electron chi connectivity index (χ4n) is 2.85. The van der Waals surface area contributed by atoms with E-state index in [1.807, 2.05) is 0 Å². The molecule has 0 bridgehead atoms. The van der Waals surface area contributed by atoms with Crippen molar-refractivity contribution < 1.29 is 28.7 Å².